The number of piperidine rings is 1. The van der Waals surface area contributed by atoms with Crippen molar-refractivity contribution in [1.29, 1.82) is 0 Å². The number of likely N-dealkylation sites (tertiary alicyclic amines) is 1. The first-order valence-electron chi connectivity index (χ1n) is 7.48. The molecule has 22 heavy (non-hydrogen) atoms. The number of halogens is 1. The Bertz CT molecular complexity index is 678. The summed E-state index contributed by atoms with van der Waals surface area (Å²) in [4.78, 5) is 14.1. The molecule has 3 nitrogen and oxygen atoms in total. The zero-order chi connectivity index (χ0) is 15.5. The normalized spacial score (nSPS) is 15.8. The summed E-state index contributed by atoms with van der Waals surface area (Å²) in [6.45, 7) is 1.21. The fourth-order valence-electron chi connectivity index (χ4n) is 3.00. The van der Waals surface area contributed by atoms with Crippen LogP contribution >= 0.6 is 0 Å². The largest absolute Gasteiger partial charge is 0.508 e. The molecule has 1 heterocycles. The molecule has 0 spiro atoms. The van der Waals surface area contributed by atoms with Gasteiger partial charge in [0.1, 0.15) is 11.6 Å². The van der Waals surface area contributed by atoms with E-state index in [0.29, 0.717) is 19.0 Å². The summed E-state index contributed by atoms with van der Waals surface area (Å²) in [7, 11) is 0. The quantitative estimate of drug-likeness (QED) is 0.921. The van der Waals surface area contributed by atoms with E-state index in [1.54, 1.807) is 29.2 Å². The SMILES string of the molecule is O=C(c1ccccc1F)N1CCC(c2cccc(O)c2)CC1. The van der Waals surface area contributed by atoms with Gasteiger partial charge in [0.2, 0.25) is 0 Å². The molecule has 2 aromatic carbocycles. The minimum atomic E-state index is -0.470. The maximum absolute atomic E-state index is 13.7. The molecule has 1 aliphatic rings. The number of hydrogen-bond donors (Lipinski definition) is 1. The fraction of sp³-hybridized carbons (Fsp3) is 0.278. The lowest BCUT2D eigenvalue weighted by Gasteiger charge is -2.32. The highest BCUT2D eigenvalue weighted by Gasteiger charge is 2.25. The zero-order valence-corrected chi connectivity index (χ0v) is 12.2. The van der Waals surface area contributed by atoms with Gasteiger partial charge in [-0.2, -0.15) is 0 Å². The maximum Gasteiger partial charge on any atom is 0.256 e. The van der Waals surface area contributed by atoms with Crippen LogP contribution in [0.3, 0.4) is 0 Å². The third kappa shape index (κ3) is 2.96. The maximum atomic E-state index is 13.7. The standard InChI is InChI=1S/C18H18FNO2/c19-17-7-2-1-6-16(17)18(22)20-10-8-13(9-11-20)14-4-3-5-15(21)12-14/h1-7,12-13,21H,8-11H2. The van der Waals surface area contributed by atoms with Gasteiger partial charge >= 0.3 is 0 Å². The average molecular weight is 299 g/mol. The van der Waals surface area contributed by atoms with Crippen LogP contribution in [0.5, 0.6) is 5.75 Å². The molecule has 1 fully saturated rings. The number of phenolic OH excluding ortho intramolecular Hbond substituents is 1. The van der Waals surface area contributed by atoms with Crippen LogP contribution in [0.2, 0.25) is 0 Å². The van der Waals surface area contributed by atoms with E-state index in [1.807, 2.05) is 12.1 Å². The average Bonchev–Trinajstić information content (AvgIpc) is 2.55. The van der Waals surface area contributed by atoms with Gasteiger partial charge in [0.05, 0.1) is 5.56 Å². The molecule has 1 N–H and O–H groups in total. The molecule has 0 saturated carbocycles. The second-order valence-electron chi connectivity index (χ2n) is 5.64. The molecular formula is C18H18FNO2. The first-order valence-corrected chi connectivity index (χ1v) is 7.48. The van der Waals surface area contributed by atoms with Crippen LogP contribution in [-0.4, -0.2) is 29.0 Å². The van der Waals surface area contributed by atoms with E-state index in [9.17, 15) is 14.3 Å². The molecule has 3 rings (SSSR count). The molecule has 0 aromatic heterocycles. The lowest BCUT2D eigenvalue weighted by atomic mass is 9.89. The molecule has 0 atom stereocenters. The molecule has 0 radical (unpaired) electrons. The van der Waals surface area contributed by atoms with Gasteiger partial charge in [0.25, 0.3) is 5.91 Å². The molecular weight excluding hydrogens is 281 g/mol. The summed E-state index contributed by atoms with van der Waals surface area (Å²) in [5, 5.41) is 9.56. The monoisotopic (exact) mass is 299 g/mol. The van der Waals surface area contributed by atoms with Crippen LogP contribution in [0, 0.1) is 5.82 Å². The van der Waals surface area contributed by atoms with Crippen molar-refractivity contribution in [2.75, 3.05) is 13.1 Å². The lowest BCUT2D eigenvalue weighted by molar-refractivity contribution is 0.0708. The predicted octanol–water partition coefficient (Wildman–Crippen LogP) is 3.55. The van der Waals surface area contributed by atoms with Gasteiger partial charge in [-0.15, -0.1) is 0 Å². The smallest absolute Gasteiger partial charge is 0.256 e. The number of amides is 1. The Kier molecular flexibility index (Phi) is 4.09. The first kappa shape index (κ1) is 14.6. The first-order chi connectivity index (χ1) is 10.6. The Labute approximate surface area is 129 Å². The van der Waals surface area contributed by atoms with Crippen molar-refractivity contribution in [3.05, 3.63) is 65.5 Å². The third-order valence-electron chi connectivity index (χ3n) is 4.23. The molecule has 1 saturated heterocycles. The molecule has 2 aromatic rings. The summed E-state index contributed by atoms with van der Waals surface area (Å²) in [6, 6.07) is 13.4. The Morgan fingerprint density at radius 2 is 1.82 bits per heavy atom. The molecule has 1 amide bonds. The summed E-state index contributed by atoms with van der Waals surface area (Å²) in [5.41, 5.74) is 1.23. The topological polar surface area (TPSA) is 40.5 Å². The van der Waals surface area contributed by atoms with Crippen LogP contribution in [0.1, 0.15) is 34.7 Å². The van der Waals surface area contributed by atoms with E-state index in [-0.39, 0.29) is 17.2 Å². The van der Waals surface area contributed by atoms with E-state index >= 15 is 0 Å². The van der Waals surface area contributed by atoms with Crippen LogP contribution in [-0.2, 0) is 0 Å². The number of hydrogen-bond acceptors (Lipinski definition) is 2. The van der Waals surface area contributed by atoms with E-state index in [2.05, 4.69) is 0 Å². The number of phenols is 1. The highest BCUT2D eigenvalue weighted by molar-refractivity contribution is 5.94. The van der Waals surface area contributed by atoms with Crippen molar-refractivity contribution < 1.29 is 14.3 Å². The van der Waals surface area contributed by atoms with E-state index in [4.69, 9.17) is 0 Å². The number of rotatable bonds is 2. The van der Waals surface area contributed by atoms with E-state index in [0.717, 1.165) is 18.4 Å². The number of carbonyl (C=O) groups excluding carboxylic acids is 1. The highest BCUT2D eigenvalue weighted by Crippen LogP contribution is 2.30. The van der Waals surface area contributed by atoms with E-state index in [1.165, 1.54) is 12.1 Å². The summed E-state index contributed by atoms with van der Waals surface area (Å²) >= 11 is 0. The van der Waals surface area contributed by atoms with Gasteiger partial charge in [0.15, 0.2) is 0 Å². The molecule has 0 bridgehead atoms. The molecule has 114 valence electrons. The van der Waals surface area contributed by atoms with Crippen molar-refractivity contribution in [2.24, 2.45) is 0 Å². The van der Waals surface area contributed by atoms with Crippen LogP contribution < -0.4 is 0 Å². The minimum absolute atomic E-state index is 0.137. The number of carbonyl (C=O) groups is 1. The van der Waals surface area contributed by atoms with Crippen molar-refractivity contribution in [1.82, 2.24) is 4.90 Å². The molecule has 1 aliphatic heterocycles. The highest BCUT2D eigenvalue weighted by atomic mass is 19.1. The number of nitrogens with zero attached hydrogens (tertiary/aromatic N) is 1. The van der Waals surface area contributed by atoms with Crippen LogP contribution in [0.15, 0.2) is 48.5 Å². The lowest BCUT2D eigenvalue weighted by Crippen LogP contribution is -2.38. The van der Waals surface area contributed by atoms with Gasteiger partial charge in [-0.05, 0) is 48.6 Å². The van der Waals surface area contributed by atoms with Gasteiger partial charge in [0, 0.05) is 13.1 Å². The fourth-order valence-corrected chi connectivity index (χ4v) is 3.00. The Hall–Kier alpha value is -2.36. The second kappa shape index (κ2) is 6.18. The Balaban J connectivity index is 1.67. The van der Waals surface area contributed by atoms with Crippen molar-refractivity contribution in [3.63, 3.8) is 0 Å². The van der Waals surface area contributed by atoms with Crippen LogP contribution in [0.4, 0.5) is 4.39 Å². The molecule has 0 unspecified atom stereocenters. The van der Waals surface area contributed by atoms with Crippen molar-refractivity contribution >= 4 is 5.91 Å². The minimum Gasteiger partial charge on any atom is -0.508 e. The van der Waals surface area contributed by atoms with Crippen molar-refractivity contribution in [2.45, 2.75) is 18.8 Å². The Morgan fingerprint density at radius 1 is 1.09 bits per heavy atom. The summed E-state index contributed by atoms with van der Waals surface area (Å²) in [6.07, 6.45) is 1.65. The summed E-state index contributed by atoms with van der Waals surface area (Å²) < 4.78 is 13.7. The van der Waals surface area contributed by atoms with Gasteiger partial charge in [-0.1, -0.05) is 24.3 Å². The van der Waals surface area contributed by atoms with E-state index < -0.39 is 5.82 Å². The predicted molar refractivity (Wildman–Crippen MR) is 82.4 cm³/mol. The number of aromatic hydroxyl groups is 1. The van der Waals surface area contributed by atoms with Gasteiger partial charge in [-0.3, -0.25) is 4.79 Å². The van der Waals surface area contributed by atoms with Gasteiger partial charge < -0.3 is 10.0 Å². The zero-order valence-electron chi connectivity index (χ0n) is 12.2. The van der Waals surface area contributed by atoms with Crippen LogP contribution in [0.25, 0.3) is 0 Å². The Morgan fingerprint density at radius 3 is 2.50 bits per heavy atom. The molecule has 0 aliphatic carbocycles. The molecule has 4 heteroatoms. The van der Waals surface area contributed by atoms with Gasteiger partial charge in [-0.25, -0.2) is 4.39 Å². The number of benzene rings is 2. The van der Waals surface area contributed by atoms with Crippen molar-refractivity contribution in [3.8, 4) is 5.75 Å². The summed E-state index contributed by atoms with van der Waals surface area (Å²) in [5.74, 6) is -0.116. The second-order valence-corrected chi connectivity index (χ2v) is 5.64. The third-order valence-corrected chi connectivity index (χ3v) is 4.23.